The number of benzene rings is 3. The summed E-state index contributed by atoms with van der Waals surface area (Å²) in [6.45, 7) is 1.21. The van der Waals surface area contributed by atoms with E-state index in [1.54, 1.807) is 45.5 Å². The minimum Gasteiger partial charge on any atom is -0.497 e. The third-order valence-corrected chi connectivity index (χ3v) is 6.14. The topological polar surface area (TPSA) is 86.3 Å². The Labute approximate surface area is 224 Å². The van der Waals surface area contributed by atoms with Crippen LogP contribution in [0.25, 0.3) is 0 Å². The van der Waals surface area contributed by atoms with Crippen molar-refractivity contribution in [3.05, 3.63) is 89.5 Å². The monoisotopic (exact) mass is 520 g/mol. The lowest BCUT2D eigenvalue weighted by Crippen LogP contribution is -2.44. The molecule has 1 N–H and O–H groups in total. The highest BCUT2D eigenvalue weighted by Gasteiger charge is 2.31. The van der Waals surface area contributed by atoms with Gasteiger partial charge in [0.25, 0.3) is 0 Å². The number of rotatable bonds is 14. The molecule has 2 amide bonds. The molecule has 0 aliphatic carbocycles. The molecule has 0 radical (unpaired) electrons. The van der Waals surface area contributed by atoms with Gasteiger partial charge in [0.2, 0.25) is 11.8 Å². The summed E-state index contributed by atoms with van der Waals surface area (Å²) in [5.74, 6) is 1.38. The predicted molar refractivity (Wildman–Crippen MR) is 145 cm³/mol. The molecule has 8 nitrogen and oxygen atoms in total. The number of carbonyl (C=O) groups is 2. The SMILES string of the molecule is COCCCNC(=O)C(c1ccccc1)N(Cc1ccc(OC)cc1)C(=O)Cc1ccc(OC)c(OC)c1. The van der Waals surface area contributed by atoms with Crippen LogP contribution in [0.2, 0.25) is 0 Å². The molecule has 38 heavy (non-hydrogen) atoms. The highest BCUT2D eigenvalue weighted by atomic mass is 16.5. The molecular formula is C30H36N2O6. The van der Waals surface area contributed by atoms with E-state index < -0.39 is 6.04 Å². The van der Waals surface area contributed by atoms with Gasteiger partial charge in [-0.15, -0.1) is 0 Å². The fourth-order valence-electron chi connectivity index (χ4n) is 4.15. The van der Waals surface area contributed by atoms with Crippen LogP contribution in [0.4, 0.5) is 0 Å². The van der Waals surface area contributed by atoms with Crippen LogP contribution in [-0.4, -0.2) is 58.3 Å². The number of amides is 2. The van der Waals surface area contributed by atoms with Gasteiger partial charge in [-0.1, -0.05) is 48.5 Å². The first-order chi connectivity index (χ1) is 18.5. The lowest BCUT2D eigenvalue weighted by atomic mass is 10.0. The Kier molecular flexibility index (Phi) is 11.0. The minimum absolute atomic E-state index is 0.0802. The van der Waals surface area contributed by atoms with Crippen LogP contribution in [0.15, 0.2) is 72.8 Å². The first-order valence-corrected chi connectivity index (χ1v) is 12.5. The fourth-order valence-corrected chi connectivity index (χ4v) is 4.15. The van der Waals surface area contributed by atoms with Crippen molar-refractivity contribution in [1.82, 2.24) is 10.2 Å². The Balaban J connectivity index is 1.97. The molecule has 0 spiro atoms. The van der Waals surface area contributed by atoms with E-state index in [2.05, 4.69) is 5.32 Å². The number of ether oxygens (including phenoxy) is 4. The number of hydrogen-bond donors (Lipinski definition) is 1. The van der Waals surface area contributed by atoms with Crippen molar-refractivity contribution in [1.29, 1.82) is 0 Å². The normalized spacial score (nSPS) is 11.4. The smallest absolute Gasteiger partial charge is 0.247 e. The minimum atomic E-state index is -0.825. The van der Waals surface area contributed by atoms with Gasteiger partial charge in [0.05, 0.1) is 27.8 Å². The zero-order valence-electron chi connectivity index (χ0n) is 22.4. The first kappa shape index (κ1) is 28.5. The van der Waals surface area contributed by atoms with Crippen LogP contribution in [0.3, 0.4) is 0 Å². The summed E-state index contributed by atoms with van der Waals surface area (Å²) in [6, 6.07) is 21.4. The molecular weight excluding hydrogens is 484 g/mol. The summed E-state index contributed by atoms with van der Waals surface area (Å²) in [5, 5.41) is 2.98. The van der Waals surface area contributed by atoms with Gasteiger partial charge in [-0.05, 0) is 47.4 Å². The van der Waals surface area contributed by atoms with Crippen LogP contribution < -0.4 is 19.5 Å². The molecule has 0 bridgehead atoms. The molecule has 1 atom stereocenters. The quantitative estimate of drug-likeness (QED) is 0.321. The van der Waals surface area contributed by atoms with Gasteiger partial charge in [0, 0.05) is 26.8 Å². The Morgan fingerprint density at radius 2 is 1.50 bits per heavy atom. The standard InChI is InChI=1S/C30H36N2O6/c1-35-18-8-17-31-30(34)29(24-9-6-5-7-10-24)32(21-22-11-14-25(36-2)15-12-22)28(33)20-23-13-16-26(37-3)27(19-23)38-4/h5-7,9-16,19,29H,8,17-18,20-21H2,1-4H3,(H,31,34). The molecule has 202 valence electrons. The highest BCUT2D eigenvalue weighted by molar-refractivity contribution is 5.89. The van der Waals surface area contributed by atoms with E-state index in [0.717, 1.165) is 16.7 Å². The number of nitrogens with one attached hydrogen (secondary N) is 1. The van der Waals surface area contributed by atoms with Crippen molar-refractivity contribution in [2.45, 2.75) is 25.4 Å². The van der Waals surface area contributed by atoms with Crippen LogP contribution in [0, 0.1) is 0 Å². The maximum absolute atomic E-state index is 13.9. The maximum Gasteiger partial charge on any atom is 0.247 e. The van der Waals surface area contributed by atoms with Crippen molar-refractivity contribution >= 4 is 11.8 Å². The molecule has 3 aromatic rings. The summed E-state index contributed by atoms with van der Waals surface area (Å²) >= 11 is 0. The lowest BCUT2D eigenvalue weighted by Gasteiger charge is -2.32. The molecule has 0 saturated carbocycles. The van der Waals surface area contributed by atoms with Gasteiger partial charge in [-0.3, -0.25) is 9.59 Å². The zero-order valence-corrected chi connectivity index (χ0v) is 22.4. The average molecular weight is 521 g/mol. The van der Waals surface area contributed by atoms with Crippen LogP contribution in [-0.2, 0) is 27.3 Å². The molecule has 0 saturated heterocycles. The maximum atomic E-state index is 13.9. The summed E-state index contributed by atoms with van der Waals surface area (Å²) in [4.78, 5) is 29.1. The summed E-state index contributed by atoms with van der Waals surface area (Å²) in [5.41, 5.74) is 2.35. The summed E-state index contributed by atoms with van der Waals surface area (Å²) < 4.78 is 21.1. The van der Waals surface area contributed by atoms with Crippen molar-refractivity contribution < 1.29 is 28.5 Å². The van der Waals surface area contributed by atoms with E-state index in [1.165, 1.54) is 0 Å². The van der Waals surface area contributed by atoms with E-state index in [1.807, 2.05) is 60.7 Å². The first-order valence-electron chi connectivity index (χ1n) is 12.5. The van der Waals surface area contributed by atoms with Crippen molar-refractivity contribution in [2.75, 3.05) is 41.6 Å². The second kappa shape index (κ2) is 14.6. The molecule has 0 fully saturated rings. The average Bonchev–Trinajstić information content (AvgIpc) is 2.95. The highest BCUT2D eigenvalue weighted by Crippen LogP contribution is 2.29. The van der Waals surface area contributed by atoms with Gasteiger partial charge in [-0.2, -0.15) is 0 Å². The molecule has 1 unspecified atom stereocenters. The van der Waals surface area contributed by atoms with Crippen LogP contribution >= 0.6 is 0 Å². The summed E-state index contributed by atoms with van der Waals surface area (Å²) in [7, 11) is 6.35. The number of methoxy groups -OCH3 is 4. The molecule has 3 rings (SSSR count). The largest absolute Gasteiger partial charge is 0.497 e. The van der Waals surface area contributed by atoms with E-state index in [-0.39, 0.29) is 24.8 Å². The number of carbonyl (C=O) groups excluding carboxylic acids is 2. The Morgan fingerprint density at radius 1 is 0.816 bits per heavy atom. The molecule has 0 heterocycles. The van der Waals surface area contributed by atoms with Gasteiger partial charge in [0.15, 0.2) is 11.5 Å². The number of nitrogens with zero attached hydrogens (tertiary/aromatic N) is 1. The Bertz CT molecular complexity index is 1170. The van der Waals surface area contributed by atoms with Gasteiger partial charge >= 0.3 is 0 Å². The lowest BCUT2D eigenvalue weighted by molar-refractivity contribution is -0.141. The van der Waals surface area contributed by atoms with Crippen molar-refractivity contribution in [3.8, 4) is 17.2 Å². The second-order valence-corrected chi connectivity index (χ2v) is 8.69. The molecule has 3 aromatic carbocycles. The predicted octanol–water partition coefficient (Wildman–Crippen LogP) is 4.18. The van der Waals surface area contributed by atoms with E-state index in [4.69, 9.17) is 18.9 Å². The summed E-state index contributed by atoms with van der Waals surface area (Å²) in [6.07, 6.45) is 0.749. The molecule has 0 aliphatic rings. The van der Waals surface area contributed by atoms with E-state index in [9.17, 15) is 9.59 Å². The molecule has 0 aromatic heterocycles. The van der Waals surface area contributed by atoms with Gasteiger partial charge in [0.1, 0.15) is 11.8 Å². The van der Waals surface area contributed by atoms with Crippen molar-refractivity contribution in [2.24, 2.45) is 0 Å². The third-order valence-electron chi connectivity index (χ3n) is 6.14. The third kappa shape index (κ3) is 7.73. The van der Waals surface area contributed by atoms with E-state index in [0.29, 0.717) is 36.8 Å². The second-order valence-electron chi connectivity index (χ2n) is 8.69. The Hall–Kier alpha value is -4.04. The number of hydrogen-bond acceptors (Lipinski definition) is 6. The zero-order chi connectivity index (χ0) is 27.3. The fraction of sp³-hybridized carbons (Fsp3) is 0.333. The molecule has 0 aliphatic heterocycles. The van der Waals surface area contributed by atoms with Crippen LogP contribution in [0.1, 0.15) is 29.2 Å². The van der Waals surface area contributed by atoms with Gasteiger partial charge in [-0.25, -0.2) is 0 Å². The van der Waals surface area contributed by atoms with E-state index >= 15 is 0 Å². The molecule has 8 heteroatoms. The van der Waals surface area contributed by atoms with Crippen molar-refractivity contribution in [3.63, 3.8) is 0 Å². The Morgan fingerprint density at radius 3 is 2.13 bits per heavy atom. The van der Waals surface area contributed by atoms with Gasteiger partial charge < -0.3 is 29.2 Å². The van der Waals surface area contributed by atoms with Crippen LogP contribution in [0.5, 0.6) is 17.2 Å².